The van der Waals surface area contributed by atoms with Gasteiger partial charge >= 0.3 is 0 Å². The van der Waals surface area contributed by atoms with Crippen molar-refractivity contribution in [2.24, 2.45) is 0 Å². The highest BCUT2D eigenvalue weighted by molar-refractivity contribution is 4.80. The Kier molecular flexibility index (Phi) is 43.1. The van der Waals surface area contributed by atoms with E-state index in [1.54, 1.807) is 0 Å². The largest absolute Gasteiger partial charge is 1.00 e. The maximum atomic E-state index is 2.46. The summed E-state index contributed by atoms with van der Waals surface area (Å²) in [5.41, 5.74) is 0. The predicted molar refractivity (Wildman–Crippen MR) is 229 cm³/mol. The molecule has 54 heavy (non-hydrogen) atoms. The minimum absolute atomic E-state index is 0. The Balaban J connectivity index is 0. The van der Waals surface area contributed by atoms with E-state index in [4.69, 9.17) is 0 Å². The molecule has 320 valence electrons. The monoisotopic (exact) mass is 885 g/mol. The van der Waals surface area contributed by atoms with Gasteiger partial charge in [0.1, 0.15) is 24.8 Å². The lowest BCUT2D eigenvalue weighted by Crippen LogP contribution is -3.00. The van der Waals surface area contributed by atoms with E-state index in [-0.39, 0.29) is 34.0 Å². The summed E-state index contributed by atoms with van der Waals surface area (Å²) in [6.07, 6.45) is 54.1. The molecule has 0 N–H and O–H groups in total. The van der Waals surface area contributed by atoms with Crippen LogP contribution < -0.4 is 43.1 Å². The molecule has 0 aliphatic rings. The van der Waals surface area contributed by atoms with Crippen molar-refractivity contribution in [2.45, 2.75) is 273 Å². The van der Waals surface area contributed by atoms with Gasteiger partial charge in [0.15, 0.2) is 0 Å². The highest BCUT2D eigenvalue weighted by Gasteiger charge is 2.12. The number of hydrogen-bond acceptors (Lipinski definition) is 0. The first-order valence-electron chi connectivity index (χ1n) is 23.7. The third-order valence-corrected chi connectivity index (χ3v) is 11.5. The summed E-state index contributed by atoms with van der Waals surface area (Å²) in [5.74, 6) is 2.88. The molecule has 0 fully saturated rings. The lowest BCUT2D eigenvalue weighted by Gasteiger charge is -2.03. The predicted octanol–water partition coefficient (Wildman–Crippen LogP) is 8.74. The number of imidazole rings is 2. The van der Waals surface area contributed by atoms with Crippen LogP contribution in [0.1, 0.15) is 245 Å². The molecule has 2 rings (SSSR count). The molecule has 0 spiro atoms. The van der Waals surface area contributed by atoms with Gasteiger partial charge in [0, 0.05) is 13.8 Å². The Morgan fingerprint density at radius 3 is 0.815 bits per heavy atom. The maximum absolute atomic E-state index is 2.46. The first-order valence-corrected chi connectivity index (χ1v) is 23.7. The standard InChI is InChI=1S/2C24H47N2.2BrH/c2*1-4-6-8-10-12-14-16-18-20-25-22-23-26(24(25)3)21-19-17-15-13-11-9-7-5-2;;/h2*22-23H,4-21H2,1-3H3;2*1H/q2*+1;;/p-2. The zero-order chi connectivity index (χ0) is 37.7. The molecule has 0 unspecified atom stereocenters. The van der Waals surface area contributed by atoms with Gasteiger partial charge in [-0.15, -0.1) is 0 Å². The van der Waals surface area contributed by atoms with Crippen LogP contribution in [-0.4, -0.2) is 9.13 Å². The number of halogens is 2. The molecule has 2 heterocycles. The van der Waals surface area contributed by atoms with Crippen molar-refractivity contribution in [3.05, 3.63) is 36.4 Å². The van der Waals surface area contributed by atoms with Crippen LogP contribution in [0.2, 0.25) is 0 Å². The van der Waals surface area contributed by atoms with Crippen LogP contribution >= 0.6 is 0 Å². The summed E-state index contributed by atoms with van der Waals surface area (Å²) < 4.78 is 9.84. The highest BCUT2D eigenvalue weighted by Crippen LogP contribution is 2.13. The highest BCUT2D eigenvalue weighted by atomic mass is 79.9. The summed E-state index contributed by atoms with van der Waals surface area (Å²) in [6, 6.07) is 0. The van der Waals surface area contributed by atoms with E-state index in [0.717, 1.165) is 0 Å². The van der Waals surface area contributed by atoms with Crippen molar-refractivity contribution >= 4 is 0 Å². The van der Waals surface area contributed by atoms with Crippen LogP contribution in [-0.2, 0) is 26.2 Å². The molecule has 0 aliphatic carbocycles. The van der Waals surface area contributed by atoms with Crippen molar-refractivity contribution < 1.29 is 43.1 Å². The topological polar surface area (TPSA) is 17.6 Å². The average Bonchev–Trinajstić information content (AvgIpc) is 3.69. The normalized spacial score (nSPS) is 10.9. The van der Waals surface area contributed by atoms with Crippen molar-refractivity contribution in [1.82, 2.24) is 9.13 Å². The van der Waals surface area contributed by atoms with E-state index >= 15 is 0 Å². The van der Waals surface area contributed by atoms with Crippen LogP contribution in [0.4, 0.5) is 0 Å². The van der Waals surface area contributed by atoms with Gasteiger partial charge in [-0.1, -0.05) is 182 Å². The molecule has 0 bridgehead atoms. The Labute approximate surface area is 360 Å². The number of aromatic nitrogens is 4. The second-order valence-corrected chi connectivity index (χ2v) is 16.4. The van der Waals surface area contributed by atoms with Gasteiger partial charge in [-0.2, -0.15) is 0 Å². The zero-order valence-corrected chi connectivity index (χ0v) is 40.5. The third-order valence-electron chi connectivity index (χ3n) is 11.5. The average molecular weight is 887 g/mol. The Hall–Kier alpha value is -0.620. The molecule has 0 atom stereocenters. The minimum Gasteiger partial charge on any atom is -1.00 e. The van der Waals surface area contributed by atoms with Gasteiger partial charge in [-0.25, -0.2) is 18.3 Å². The van der Waals surface area contributed by atoms with Crippen molar-refractivity contribution in [2.75, 3.05) is 0 Å². The smallest absolute Gasteiger partial charge is 0.253 e. The third kappa shape index (κ3) is 30.5. The van der Waals surface area contributed by atoms with E-state index in [0.29, 0.717) is 0 Å². The summed E-state index contributed by atoms with van der Waals surface area (Å²) in [5, 5.41) is 0. The second kappa shape index (κ2) is 42.0. The molecular weight excluding hydrogens is 792 g/mol. The van der Waals surface area contributed by atoms with Gasteiger partial charge in [0.2, 0.25) is 0 Å². The molecule has 4 nitrogen and oxygen atoms in total. The van der Waals surface area contributed by atoms with Crippen LogP contribution in [0.3, 0.4) is 0 Å². The molecule has 2 aromatic heterocycles. The van der Waals surface area contributed by atoms with Crippen molar-refractivity contribution in [3.63, 3.8) is 0 Å². The Morgan fingerprint density at radius 1 is 0.333 bits per heavy atom. The van der Waals surface area contributed by atoms with Gasteiger partial charge in [0.25, 0.3) is 11.6 Å². The van der Waals surface area contributed by atoms with Crippen LogP contribution in [0.25, 0.3) is 0 Å². The molecule has 0 amide bonds. The van der Waals surface area contributed by atoms with Gasteiger partial charge in [-0.05, 0) is 51.4 Å². The van der Waals surface area contributed by atoms with E-state index in [1.807, 2.05) is 0 Å². The summed E-state index contributed by atoms with van der Waals surface area (Å²) >= 11 is 0. The Morgan fingerprint density at radius 2 is 0.556 bits per heavy atom. The van der Waals surface area contributed by atoms with Crippen molar-refractivity contribution in [1.29, 1.82) is 0 Å². The minimum atomic E-state index is 0. The fourth-order valence-electron chi connectivity index (χ4n) is 7.69. The van der Waals surface area contributed by atoms with Crippen LogP contribution in [0, 0.1) is 13.8 Å². The second-order valence-electron chi connectivity index (χ2n) is 16.4. The number of hydrogen-bond donors (Lipinski definition) is 0. The van der Waals surface area contributed by atoms with E-state index in [1.165, 1.54) is 243 Å². The first kappa shape index (κ1) is 55.5. The van der Waals surface area contributed by atoms with Gasteiger partial charge in [-0.3, -0.25) is 0 Å². The number of unbranched alkanes of at least 4 members (excludes halogenated alkanes) is 28. The summed E-state index contributed by atoms with van der Waals surface area (Å²) in [6.45, 7) is 18.5. The number of nitrogens with zero attached hydrogens (tertiary/aromatic N) is 4. The number of rotatable bonds is 36. The molecule has 6 heteroatoms. The molecule has 0 saturated heterocycles. The van der Waals surface area contributed by atoms with Gasteiger partial charge in [0.05, 0.1) is 26.2 Å². The number of aryl methyl sites for hydroxylation is 4. The van der Waals surface area contributed by atoms with E-state index < -0.39 is 0 Å². The lowest BCUT2D eigenvalue weighted by molar-refractivity contribution is -0.703. The fraction of sp³-hybridized carbons (Fsp3) is 0.875. The fourth-order valence-corrected chi connectivity index (χ4v) is 7.69. The van der Waals surface area contributed by atoms with Crippen molar-refractivity contribution in [3.8, 4) is 0 Å². The SMILES string of the molecule is CCCCCCCCCCn1cc[n+](CCCCCCCCCC)c1C.CCCCCCCCCCn1cc[n+](CCCCCCCCCC)c1C.[Br-].[Br-]. The van der Waals surface area contributed by atoms with Crippen LogP contribution in [0.15, 0.2) is 24.8 Å². The van der Waals surface area contributed by atoms with Crippen LogP contribution in [0.5, 0.6) is 0 Å². The molecular formula is C48H94Br2N4. The lowest BCUT2D eigenvalue weighted by atomic mass is 10.1. The molecule has 2 aromatic rings. The molecule has 0 aromatic carbocycles. The summed E-state index contributed by atoms with van der Waals surface area (Å²) in [4.78, 5) is 0. The molecule has 0 radical (unpaired) electrons. The zero-order valence-electron chi connectivity index (χ0n) is 37.3. The quantitative estimate of drug-likeness (QED) is 0.0482. The van der Waals surface area contributed by atoms with Gasteiger partial charge < -0.3 is 34.0 Å². The maximum Gasteiger partial charge on any atom is 0.253 e. The Bertz CT molecular complexity index is 861. The summed E-state index contributed by atoms with van der Waals surface area (Å²) in [7, 11) is 0. The van der Waals surface area contributed by atoms with E-state index in [9.17, 15) is 0 Å². The van der Waals surface area contributed by atoms with E-state index in [2.05, 4.69) is 84.6 Å². The molecule has 0 saturated carbocycles. The molecule has 0 aliphatic heterocycles. The first-order chi connectivity index (χ1) is 25.6.